The summed E-state index contributed by atoms with van der Waals surface area (Å²) in [5, 5.41) is 33.5. The second-order valence-corrected chi connectivity index (χ2v) is 8.54. The van der Waals surface area contributed by atoms with Crippen molar-refractivity contribution in [1.82, 2.24) is 19.9 Å². The van der Waals surface area contributed by atoms with Crippen LogP contribution in [0.2, 0.25) is 0 Å². The van der Waals surface area contributed by atoms with Crippen molar-refractivity contribution in [2.24, 2.45) is 0 Å². The predicted octanol–water partition coefficient (Wildman–Crippen LogP) is 6.43. The van der Waals surface area contributed by atoms with Crippen LogP contribution < -0.4 is 9.47 Å². The molecule has 0 saturated carbocycles. The molecule has 2 N–H and O–H groups in total. The molecule has 0 spiro atoms. The van der Waals surface area contributed by atoms with Crippen molar-refractivity contribution in [2.75, 3.05) is 13.2 Å². The molecule has 4 aromatic rings. The van der Waals surface area contributed by atoms with Crippen molar-refractivity contribution in [3.05, 3.63) is 95.3 Å². The van der Waals surface area contributed by atoms with Crippen LogP contribution in [-0.4, -0.2) is 66.0 Å². The second-order valence-electron chi connectivity index (χ2n) is 8.13. The van der Waals surface area contributed by atoms with Crippen molar-refractivity contribution in [2.45, 2.75) is 26.7 Å². The SMILES string of the molecule is CCCOc1ccnc(-c2cc(OCCC)ccn2)c1.O=C(O)c1ccnc(-c2cc(C(=O)O)ccn2)c1.[N-]=C=S.[N-]=CS.[Ru+2]. The number of carboxylic acid groups (broad SMARTS) is 2. The molecule has 0 unspecified atom stereocenters. The number of aromatic carboxylic acids is 2. The molecule has 0 atom stereocenters. The summed E-state index contributed by atoms with van der Waals surface area (Å²) in [6.07, 6.45) is 8.12. The van der Waals surface area contributed by atoms with Gasteiger partial charge < -0.3 is 30.5 Å². The number of hydrogen-bond acceptors (Lipinski definition) is 9. The predicted molar refractivity (Wildman–Crippen MR) is 175 cm³/mol. The molecule has 0 amide bonds. The van der Waals surface area contributed by atoms with Crippen LogP contribution in [0.25, 0.3) is 33.6 Å². The van der Waals surface area contributed by atoms with Gasteiger partial charge in [-0.3, -0.25) is 19.9 Å². The first-order valence-electron chi connectivity index (χ1n) is 12.9. The van der Waals surface area contributed by atoms with Gasteiger partial charge in [0, 0.05) is 36.9 Å². The zero-order valence-electron chi connectivity index (χ0n) is 24.3. The van der Waals surface area contributed by atoms with Crippen LogP contribution in [0.15, 0.2) is 73.3 Å². The maximum absolute atomic E-state index is 10.8. The normalized spacial score (nSPS) is 9.04. The van der Waals surface area contributed by atoms with Crippen LogP contribution in [0.5, 0.6) is 11.5 Å². The number of rotatable bonds is 10. The summed E-state index contributed by atoms with van der Waals surface area (Å²) < 4.78 is 11.2. The van der Waals surface area contributed by atoms with E-state index in [4.69, 9.17) is 30.5 Å². The second kappa shape index (κ2) is 24.0. The topological polar surface area (TPSA) is 189 Å². The third-order valence-corrected chi connectivity index (χ3v) is 4.95. The Morgan fingerprint density at radius 3 is 1.36 bits per heavy atom. The molecule has 4 aromatic heterocycles. The van der Waals surface area contributed by atoms with Crippen LogP contribution in [0.3, 0.4) is 0 Å². The molecule has 0 saturated heterocycles. The van der Waals surface area contributed by atoms with Gasteiger partial charge in [-0.2, -0.15) is 23.3 Å². The van der Waals surface area contributed by atoms with Crippen molar-refractivity contribution in [3.63, 3.8) is 0 Å². The average Bonchev–Trinajstić information content (AvgIpc) is 3.04. The number of nitrogens with zero attached hydrogens (tertiary/aromatic N) is 6. The molecule has 0 aliphatic carbocycles. The van der Waals surface area contributed by atoms with Gasteiger partial charge in [0.1, 0.15) is 11.5 Å². The first-order valence-corrected chi connectivity index (χ1v) is 13.8. The maximum atomic E-state index is 10.8. The Hall–Kier alpha value is -4.42. The summed E-state index contributed by atoms with van der Waals surface area (Å²) in [6.45, 7) is 5.57. The number of isothiocyanates is 1. The third kappa shape index (κ3) is 15.7. The summed E-state index contributed by atoms with van der Waals surface area (Å²) in [7, 11) is 0. The Morgan fingerprint density at radius 1 is 0.778 bits per heavy atom. The summed E-state index contributed by atoms with van der Waals surface area (Å²) >= 11 is 6.92. The monoisotopic (exact) mass is 736 g/mol. The third-order valence-electron chi connectivity index (χ3n) is 4.95. The number of thiocarbonyl (C=S) groups is 1. The first kappa shape index (κ1) is 40.6. The van der Waals surface area contributed by atoms with Crippen molar-refractivity contribution >= 4 is 47.5 Å². The number of thiol groups is 1. The Labute approximate surface area is 284 Å². The minimum absolute atomic E-state index is 0. The van der Waals surface area contributed by atoms with E-state index in [1.807, 2.05) is 24.3 Å². The summed E-state index contributed by atoms with van der Waals surface area (Å²) in [5.74, 6) is -0.516. The molecular formula is C30H30N6O6RuS2. The number of carboxylic acids is 2. The van der Waals surface area contributed by atoms with Crippen LogP contribution in [0.1, 0.15) is 47.4 Å². The average molecular weight is 736 g/mol. The number of pyridine rings is 4. The summed E-state index contributed by atoms with van der Waals surface area (Å²) in [4.78, 5) is 38.3. The van der Waals surface area contributed by atoms with Gasteiger partial charge >= 0.3 is 31.4 Å². The van der Waals surface area contributed by atoms with E-state index in [1.165, 1.54) is 41.8 Å². The van der Waals surface area contributed by atoms with Crippen LogP contribution >= 0.6 is 24.8 Å². The van der Waals surface area contributed by atoms with Gasteiger partial charge in [-0.1, -0.05) is 26.1 Å². The molecule has 0 aromatic carbocycles. The minimum atomic E-state index is -1.08. The number of ether oxygens (including phenoxy) is 2. The van der Waals surface area contributed by atoms with E-state index in [1.54, 1.807) is 12.4 Å². The molecule has 0 aliphatic heterocycles. The van der Waals surface area contributed by atoms with Crippen LogP contribution in [0, 0.1) is 0 Å². The Morgan fingerprint density at radius 2 is 1.07 bits per heavy atom. The number of hydrogen-bond donors (Lipinski definition) is 3. The molecule has 12 nitrogen and oxygen atoms in total. The van der Waals surface area contributed by atoms with E-state index in [9.17, 15) is 9.59 Å². The van der Waals surface area contributed by atoms with Crippen molar-refractivity contribution in [1.29, 1.82) is 0 Å². The van der Waals surface area contributed by atoms with Crippen LogP contribution in [0.4, 0.5) is 0 Å². The number of aromatic nitrogens is 4. The quantitative estimate of drug-likeness (QED) is 0.0535. The van der Waals surface area contributed by atoms with Gasteiger partial charge in [0.2, 0.25) is 0 Å². The summed E-state index contributed by atoms with van der Waals surface area (Å²) in [6, 6.07) is 12.9. The standard InChI is InChI=1S/C16H20N2O2.C12H8N2O4.CH2NS.CNS.Ru/c1-3-9-19-13-5-7-17-15(11-13)16-12-14(6-8-18-16)20-10-4-2;15-11(16)7-1-3-13-9(5-7)10-6-8(12(17)18)2-4-14-10;2*2-1-3;/h5-8,11-12H,3-4,9-10H2,1-2H3;1-6H,(H,15,16)(H,17,18);1H,(H-,2,3);;/q;;2*-1;+2. The van der Waals surface area contributed by atoms with Crippen LogP contribution in [-0.2, 0) is 19.5 Å². The van der Waals surface area contributed by atoms with Gasteiger partial charge in [0.15, 0.2) is 0 Å². The fourth-order valence-corrected chi connectivity index (χ4v) is 3.13. The smallest absolute Gasteiger partial charge is 0.805 e. The molecule has 0 fully saturated rings. The fourth-order valence-electron chi connectivity index (χ4n) is 3.13. The van der Waals surface area contributed by atoms with Gasteiger partial charge in [-0.25, -0.2) is 9.59 Å². The van der Waals surface area contributed by atoms with E-state index in [0.29, 0.717) is 30.1 Å². The largest absolute Gasteiger partial charge is 2.00 e. The van der Waals surface area contributed by atoms with E-state index in [-0.39, 0.29) is 30.6 Å². The minimum Gasteiger partial charge on any atom is -0.805 e. The molecule has 45 heavy (non-hydrogen) atoms. The van der Waals surface area contributed by atoms with E-state index >= 15 is 0 Å². The Balaban J connectivity index is 0.000000721. The van der Waals surface area contributed by atoms with Crippen molar-refractivity contribution < 1.29 is 48.8 Å². The van der Waals surface area contributed by atoms with E-state index < -0.39 is 11.9 Å². The van der Waals surface area contributed by atoms with Gasteiger partial charge in [-0.05, 0) is 49.2 Å². The molecule has 236 valence electrons. The molecule has 0 bridgehead atoms. The Bertz CT molecular complexity index is 1440. The molecule has 4 heterocycles. The molecule has 4 rings (SSSR count). The Kier molecular flexibility index (Phi) is 21.6. The molecular weight excluding hydrogens is 706 g/mol. The van der Waals surface area contributed by atoms with Gasteiger partial charge in [0.05, 0.1) is 47.1 Å². The summed E-state index contributed by atoms with van der Waals surface area (Å²) in [5.41, 5.74) is 3.06. The fraction of sp³-hybridized carbons (Fsp3) is 0.200. The zero-order chi connectivity index (χ0) is 32.7. The van der Waals surface area contributed by atoms with Gasteiger partial charge in [-0.15, -0.1) is 0 Å². The maximum Gasteiger partial charge on any atom is 2.00 e. The molecule has 0 radical (unpaired) electrons. The van der Waals surface area contributed by atoms with Gasteiger partial charge in [0.25, 0.3) is 0 Å². The molecule has 15 heteroatoms. The van der Waals surface area contributed by atoms with E-state index in [0.717, 1.165) is 35.7 Å². The zero-order valence-corrected chi connectivity index (χ0v) is 27.7. The number of carbonyl (C=O) groups is 2. The molecule has 0 aliphatic rings. The first-order chi connectivity index (χ1) is 21.2. The van der Waals surface area contributed by atoms with E-state index in [2.05, 4.69) is 58.6 Å². The van der Waals surface area contributed by atoms with Crippen molar-refractivity contribution in [3.8, 4) is 34.3 Å².